The first-order chi connectivity index (χ1) is 15.7. The van der Waals surface area contributed by atoms with Gasteiger partial charge in [-0.3, -0.25) is 9.78 Å². The van der Waals surface area contributed by atoms with Crippen LogP contribution in [0.4, 0.5) is 0 Å². The van der Waals surface area contributed by atoms with E-state index in [9.17, 15) is 14.7 Å². The molecule has 3 aromatic carbocycles. The molecule has 0 saturated heterocycles. The van der Waals surface area contributed by atoms with Gasteiger partial charge in [0.25, 0.3) is 5.56 Å². The molecule has 0 aliphatic heterocycles. The maximum Gasteiger partial charge on any atom is 0.349 e. The summed E-state index contributed by atoms with van der Waals surface area (Å²) in [6.45, 7) is 1.94. The highest BCUT2D eigenvalue weighted by Gasteiger charge is 2.18. The van der Waals surface area contributed by atoms with Gasteiger partial charge in [-0.1, -0.05) is 47.5 Å². The molecule has 0 bridgehead atoms. The van der Waals surface area contributed by atoms with Crippen LogP contribution in [0, 0.1) is 6.92 Å². The van der Waals surface area contributed by atoms with Gasteiger partial charge in [0.2, 0.25) is 0 Å². The van der Waals surface area contributed by atoms with Crippen molar-refractivity contribution < 1.29 is 9.84 Å². The third kappa shape index (κ3) is 4.63. The number of phenolic OH excluding ortho intramolecular Hbond substituents is 1. The predicted octanol–water partition coefficient (Wildman–Crippen LogP) is 4.08. The Hall–Kier alpha value is -3.59. The van der Waals surface area contributed by atoms with E-state index in [1.54, 1.807) is 12.1 Å². The van der Waals surface area contributed by atoms with Gasteiger partial charge in [-0.05, 0) is 48.4 Å². The number of rotatable bonds is 5. The lowest BCUT2D eigenvalue weighted by molar-refractivity contribution is 0.455. The minimum Gasteiger partial charge on any atom is -0.508 e. The third-order valence-electron chi connectivity index (χ3n) is 5.02. The van der Waals surface area contributed by atoms with Crippen LogP contribution in [0.5, 0.6) is 17.2 Å². The summed E-state index contributed by atoms with van der Waals surface area (Å²) in [7, 11) is 0. The molecule has 0 aliphatic rings. The Balaban J connectivity index is 1.68. The molecule has 4 aromatic rings. The number of hydrogen-bond acceptors (Lipinski definition) is 6. The Bertz CT molecular complexity index is 1440. The normalized spacial score (nSPS) is 11.9. The number of H-pyrrole nitrogens is 1. The van der Waals surface area contributed by atoms with Crippen LogP contribution in [0.25, 0.3) is 5.69 Å². The molecule has 33 heavy (non-hydrogen) atoms. The summed E-state index contributed by atoms with van der Waals surface area (Å²) < 4.78 is 6.84. The fraction of sp³-hybridized carbons (Fsp3) is 0.0870. The molecule has 1 aromatic heterocycles. The van der Waals surface area contributed by atoms with E-state index < -0.39 is 17.3 Å². The van der Waals surface area contributed by atoms with E-state index in [-0.39, 0.29) is 27.2 Å². The molecular weight excluding hydrogens is 467 g/mol. The van der Waals surface area contributed by atoms with Crippen LogP contribution in [0.2, 0.25) is 10.0 Å². The Labute approximate surface area is 197 Å². The number of aromatic amines is 1. The first-order valence-electron chi connectivity index (χ1n) is 9.74. The highest BCUT2D eigenvalue weighted by atomic mass is 35.5. The number of nitrogens with two attached hydrogens (primary N) is 1. The molecule has 0 fully saturated rings. The van der Waals surface area contributed by atoms with Crippen molar-refractivity contribution in [1.29, 1.82) is 0 Å². The summed E-state index contributed by atoms with van der Waals surface area (Å²) in [4.78, 5) is 25.4. The van der Waals surface area contributed by atoms with Crippen LogP contribution in [0.15, 0.2) is 70.4 Å². The number of halogens is 2. The summed E-state index contributed by atoms with van der Waals surface area (Å²) in [5.41, 5.74) is 7.62. The molecule has 0 spiro atoms. The quantitative estimate of drug-likeness (QED) is 0.392. The lowest BCUT2D eigenvalue weighted by atomic mass is 9.95. The van der Waals surface area contributed by atoms with Crippen molar-refractivity contribution in [3.63, 3.8) is 0 Å². The minimum absolute atomic E-state index is 0.0224. The molecular formula is C23H18Cl2N4O4. The molecule has 168 valence electrons. The number of aromatic hydroxyl groups is 1. The number of ether oxygens (including phenoxy) is 1. The van der Waals surface area contributed by atoms with E-state index in [1.165, 1.54) is 18.2 Å². The number of nitrogens with one attached hydrogen (secondary N) is 1. The summed E-state index contributed by atoms with van der Waals surface area (Å²) in [5, 5.41) is 14.4. The molecule has 1 heterocycles. The molecule has 10 heteroatoms. The number of aromatic nitrogens is 3. The summed E-state index contributed by atoms with van der Waals surface area (Å²) >= 11 is 12.7. The average Bonchev–Trinajstić information content (AvgIpc) is 2.77. The van der Waals surface area contributed by atoms with Crippen molar-refractivity contribution in [2.45, 2.75) is 13.0 Å². The second kappa shape index (κ2) is 9.11. The molecule has 4 rings (SSSR count). The van der Waals surface area contributed by atoms with Gasteiger partial charge in [-0.25, -0.2) is 4.79 Å². The van der Waals surface area contributed by atoms with Crippen LogP contribution in [-0.2, 0) is 0 Å². The van der Waals surface area contributed by atoms with Crippen LogP contribution in [-0.4, -0.2) is 19.9 Å². The predicted molar refractivity (Wildman–Crippen MR) is 126 cm³/mol. The van der Waals surface area contributed by atoms with Crippen molar-refractivity contribution >= 4 is 23.2 Å². The second-order valence-corrected chi connectivity index (χ2v) is 8.06. The van der Waals surface area contributed by atoms with Gasteiger partial charge in [0, 0.05) is 5.56 Å². The number of phenols is 1. The van der Waals surface area contributed by atoms with Gasteiger partial charge in [0.05, 0.1) is 21.8 Å². The zero-order valence-corrected chi connectivity index (χ0v) is 18.8. The van der Waals surface area contributed by atoms with Crippen molar-refractivity contribution in [2.75, 3.05) is 0 Å². The van der Waals surface area contributed by atoms with Crippen molar-refractivity contribution in [3.05, 3.63) is 108 Å². The minimum atomic E-state index is -0.739. The van der Waals surface area contributed by atoms with Crippen LogP contribution in [0.3, 0.4) is 0 Å². The highest BCUT2D eigenvalue weighted by molar-refractivity contribution is 6.37. The van der Waals surface area contributed by atoms with Gasteiger partial charge in [-0.15, -0.1) is 0 Å². The third-order valence-corrected chi connectivity index (χ3v) is 5.58. The molecule has 4 N–H and O–H groups in total. The average molecular weight is 485 g/mol. The first kappa shape index (κ1) is 22.6. The molecule has 0 radical (unpaired) electrons. The Morgan fingerprint density at radius 2 is 1.76 bits per heavy atom. The molecule has 8 nitrogen and oxygen atoms in total. The largest absolute Gasteiger partial charge is 0.508 e. The molecule has 1 atom stereocenters. The molecule has 0 aliphatic carbocycles. The Morgan fingerprint density at radius 1 is 1.06 bits per heavy atom. The zero-order valence-electron chi connectivity index (χ0n) is 17.3. The van der Waals surface area contributed by atoms with Crippen LogP contribution in [0.1, 0.15) is 22.7 Å². The van der Waals surface area contributed by atoms with Crippen LogP contribution >= 0.6 is 23.2 Å². The standard InChI is InChI=1S/C23H18Cl2N4O4/c1-12-4-2-3-5-15(12)21(26)16-10-14(6-7-19(16)30)33-22-17(24)8-13(9-18(22)25)29-23(32)28-20(31)11-27-29/h2-11,21,30H,26H2,1H3,(H,28,31,32). The van der Waals surface area contributed by atoms with Gasteiger partial charge < -0.3 is 15.6 Å². The van der Waals surface area contributed by atoms with Crippen molar-refractivity contribution in [2.24, 2.45) is 5.73 Å². The topological polar surface area (TPSA) is 123 Å². The van der Waals surface area contributed by atoms with E-state index >= 15 is 0 Å². The zero-order chi connectivity index (χ0) is 23.7. The number of benzene rings is 3. The number of nitrogens with zero attached hydrogens (tertiary/aromatic N) is 2. The number of aryl methyl sites for hydroxylation is 1. The van der Waals surface area contributed by atoms with Gasteiger partial charge in [-0.2, -0.15) is 9.78 Å². The van der Waals surface area contributed by atoms with Crippen LogP contribution < -0.4 is 21.7 Å². The molecule has 1 unspecified atom stereocenters. The first-order valence-corrected chi connectivity index (χ1v) is 10.5. The van der Waals surface area contributed by atoms with E-state index in [2.05, 4.69) is 10.1 Å². The van der Waals surface area contributed by atoms with Gasteiger partial charge >= 0.3 is 5.69 Å². The van der Waals surface area contributed by atoms with E-state index in [1.807, 2.05) is 31.2 Å². The number of hydrogen-bond donors (Lipinski definition) is 3. The summed E-state index contributed by atoms with van der Waals surface area (Å²) in [6, 6.07) is 14.5. The Kier molecular flexibility index (Phi) is 6.24. The van der Waals surface area contributed by atoms with Gasteiger partial charge in [0.1, 0.15) is 17.7 Å². The van der Waals surface area contributed by atoms with Crippen molar-refractivity contribution in [3.8, 4) is 22.9 Å². The maximum absolute atomic E-state index is 12.0. The summed E-state index contributed by atoms with van der Waals surface area (Å²) in [6.07, 6.45) is 0.962. The van der Waals surface area contributed by atoms with E-state index in [0.29, 0.717) is 11.3 Å². The van der Waals surface area contributed by atoms with Gasteiger partial charge in [0.15, 0.2) is 5.75 Å². The smallest absolute Gasteiger partial charge is 0.349 e. The lowest BCUT2D eigenvalue weighted by Gasteiger charge is -2.18. The second-order valence-electron chi connectivity index (χ2n) is 7.25. The van der Waals surface area contributed by atoms with E-state index in [4.69, 9.17) is 33.7 Å². The maximum atomic E-state index is 12.0. The monoisotopic (exact) mass is 484 g/mol. The van der Waals surface area contributed by atoms with E-state index in [0.717, 1.165) is 22.0 Å². The molecule has 0 amide bonds. The Morgan fingerprint density at radius 3 is 2.42 bits per heavy atom. The summed E-state index contributed by atoms with van der Waals surface area (Å²) in [5.74, 6) is 0.512. The lowest BCUT2D eigenvalue weighted by Crippen LogP contribution is -2.30. The highest BCUT2D eigenvalue weighted by Crippen LogP contribution is 2.40. The SMILES string of the molecule is Cc1ccccc1C(N)c1cc(Oc2c(Cl)cc(-n3ncc(=O)[nH]c3=O)cc2Cl)ccc1O. The fourth-order valence-electron chi connectivity index (χ4n) is 3.37. The fourth-order valence-corrected chi connectivity index (χ4v) is 3.92. The van der Waals surface area contributed by atoms with Crippen molar-refractivity contribution in [1.82, 2.24) is 14.8 Å². The molecule has 0 saturated carbocycles.